The van der Waals surface area contributed by atoms with Crippen molar-refractivity contribution in [3.63, 3.8) is 0 Å². The molecule has 1 unspecified atom stereocenters. The van der Waals surface area contributed by atoms with Crippen molar-refractivity contribution >= 4 is 5.97 Å². The number of carbonyl (C=O) groups is 1. The zero-order valence-corrected chi connectivity index (χ0v) is 14.0. The molecule has 0 aromatic heterocycles. The molecule has 20 heavy (non-hydrogen) atoms. The van der Waals surface area contributed by atoms with Gasteiger partial charge >= 0.3 is 5.97 Å². The maximum atomic E-state index is 12.8. The first-order chi connectivity index (χ1) is 9.26. The van der Waals surface area contributed by atoms with Crippen molar-refractivity contribution in [2.45, 2.75) is 78.7 Å². The van der Waals surface area contributed by atoms with E-state index in [0.717, 1.165) is 32.1 Å². The van der Waals surface area contributed by atoms with Crippen LogP contribution < -0.4 is 0 Å². The van der Waals surface area contributed by atoms with E-state index in [4.69, 9.17) is 4.74 Å². The summed E-state index contributed by atoms with van der Waals surface area (Å²) in [4.78, 5) is 12.8. The fourth-order valence-electron chi connectivity index (χ4n) is 3.20. The Labute approximate surface area is 125 Å². The Kier molecular flexibility index (Phi) is 5.85. The number of esters is 1. The molecule has 0 aromatic rings. The van der Waals surface area contributed by atoms with Gasteiger partial charge in [-0.05, 0) is 56.9 Å². The van der Waals surface area contributed by atoms with E-state index in [2.05, 4.69) is 41.2 Å². The Morgan fingerprint density at radius 1 is 1.25 bits per heavy atom. The first-order valence-corrected chi connectivity index (χ1v) is 8.13. The van der Waals surface area contributed by atoms with Crippen molar-refractivity contribution < 1.29 is 9.53 Å². The lowest BCUT2D eigenvalue weighted by Crippen LogP contribution is -2.43. The standard InChI is InChI=1S/C18H32O2/c1-7-18(11-9-8-10-12-18)20-16(19)17(6,15(4)5)13-14(2)3/h7,14-15H,1,8-13H2,2-6H3. The Hall–Kier alpha value is -0.790. The van der Waals surface area contributed by atoms with Crippen molar-refractivity contribution in [2.24, 2.45) is 17.3 Å². The van der Waals surface area contributed by atoms with E-state index in [1.165, 1.54) is 6.42 Å². The molecule has 0 bridgehead atoms. The topological polar surface area (TPSA) is 26.3 Å². The molecule has 116 valence electrons. The first-order valence-electron chi connectivity index (χ1n) is 8.13. The van der Waals surface area contributed by atoms with Gasteiger partial charge in [0.05, 0.1) is 5.41 Å². The van der Waals surface area contributed by atoms with Gasteiger partial charge in [-0.25, -0.2) is 0 Å². The van der Waals surface area contributed by atoms with Crippen molar-refractivity contribution in [3.8, 4) is 0 Å². The number of hydrogen-bond donors (Lipinski definition) is 0. The highest BCUT2D eigenvalue weighted by Crippen LogP contribution is 2.40. The maximum Gasteiger partial charge on any atom is 0.312 e. The third kappa shape index (κ3) is 3.86. The van der Waals surface area contributed by atoms with Crippen LogP contribution in [0.2, 0.25) is 0 Å². The van der Waals surface area contributed by atoms with E-state index in [9.17, 15) is 4.79 Å². The molecule has 0 saturated heterocycles. The van der Waals surface area contributed by atoms with Gasteiger partial charge in [-0.15, -0.1) is 0 Å². The van der Waals surface area contributed by atoms with Gasteiger partial charge in [0.15, 0.2) is 0 Å². The molecule has 1 saturated carbocycles. The van der Waals surface area contributed by atoms with E-state index in [-0.39, 0.29) is 11.9 Å². The molecule has 0 amide bonds. The molecule has 1 aliphatic carbocycles. The van der Waals surface area contributed by atoms with Crippen molar-refractivity contribution in [2.75, 3.05) is 0 Å². The largest absolute Gasteiger partial charge is 0.454 e. The number of carbonyl (C=O) groups excluding carboxylic acids is 1. The monoisotopic (exact) mass is 280 g/mol. The summed E-state index contributed by atoms with van der Waals surface area (Å²) in [6.45, 7) is 14.5. The van der Waals surface area contributed by atoms with E-state index in [1.54, 1.807) is 0 Å². The normalized spacial score (nSPS) is 21.6. The van der Waals surface area contributed by atoms with E-state index in [0.29, 0.717) is 5.92 Å². The van der Waals surface area contributed by atoms with Gasteiger partial charge in [0.2, 0.25) is 0 Å². The average Bonchev–Trinajstić information content (AvgIpc) is 2.38. The summed E-state index contributed by atoms with van der Waals surface area (Å²) in [6.07, 6.45) is 8.08. The SMILES string of the molecule is C=CC1(OC(=O)C(C)(CC(C)C)C(C)C)CCCCC1. The summed E-state index contributed by atoms with van der Waals surface area (Å²) in [5, 5.41) is 0. The molecule has 2 heteroatoms. The summed E-state index contributed by atoms with van der Waals surface area (Å²) in [6, 6.07) is 0. The minimum absolute atomic E-state index is 0.0389. The van der Waals surface area contributed by atoms with Crippen LogP contribution in [0.15, 0.2) is 12.7 Å². The summed E-state index contributed by atoms with van der Waals surface area (Å²) in [5.74, 6) is 0.729. The Bertz CT molecular complexity index is 337. The van der Waals surface area contributed by atoms with Crippen molar-refractivity contribution in [1.82, 2.24) is 0 Å². The third-order valence-corrected chi connectivity index (χ3v) is 4.94. The number of ether oxygens (including phenoxy) is 1. The molecular formula is C18H32O2. The molecule has 0 spiro atoms. The summed E-state index contributed by atoms with van der Waals surface area (Å²) < 4.78 is 6.00. The van der Waals surface area contributed by atoms with Gasteiger partial charge in [-0.3, -0.25) is 4.79 Å². The molecule has 1 rings (SSSR count). The molecule has 0 aromatic carbocycles. The van der Waals surface area contributed by atoms with Crippen molar-refractivity contribution in [1.29, 1.82) is 0 Å². The fraction of sp³-hybridized carbons (Fsp3) is 0.833. The lowest BCUT2D eigenvalue weighted by Gasteiger charge is -2.40. The van der Waals surface area contributed by atoms with Crippen LogP contribution in [-0.4, -0.2) is 11.6 Å². The maximum absolute atomic E-state index is 12.8. The second-order valence-electron chi connectivity index (χ2n) is 7.39. The molecule has 1 aliphatic rings. The molecule has 1 fully saturated rings. The van der Waals surface area contributed by atoms with Crippen LogP contribution in [0.1, 0.15) is 73.1 Å². The summed E-state index contributed by atoms with van der Waals surface area (Å²) >= 11 is 0. The highest BCUT2D eigenvalue weighted by molar-refractivity contribution is 5.77. The quantitative estimate of drug-likeness (QED) is 0.498. The Morgan fingerprint density at radius 2 is 1.80 bits per heavy atom. The molecule has 2 nitrogen and oxygen atoms in total. The van der Waals surface area contributed by atoms with Crippen LogP contribution in [-0.2, 0) is 9.53 Å². The van der Waals surface area contributed by atoms with Crippen LogP contribution in [0, 0.1) is 17.3 Å². The minimum atomic E-state index is -0.414. The molecule has 0 radical (unpaired) electrons. The zero-order valence-electron chi connectivity index (χ0n) is 14.0. The number of hydrogen-bond acceptors (Lipinski definition) is 2. The van der Waals surface area contributed by atoms with Gasteiger partial charge in [0, 0.05) is 0 Å². The van der Waals surface area contributed by atoms with Crippen LogP contribution in [0.5, 0.6) is 0 Å². The Balaban J connectivity index is 2.87. The Morgan fingerprint density at radius 3 is 2.20 bits per heavy atom. The highest BCUT2D eigenvalue weighted by Gasteiger charge is 2.43. The van der Waals surface area contributed by atoms with Crippen LogP contribution >= 0.6 is 0 Å². The lowest BCUT2D eigenvalue weighted by atomic mass is 9.73. The zero-order chi connectivity index (χ0) is 15.4. The summed E-state index contributed by atoms with van der Waals surface area (Å²) in [7, 11) is 0. The molecule has 0 heterocycles. The predicted octanol–water partition coefficient (Wildman–Crippen LogP) is 5.13. The van der Waals surface area contributed by atoms with Gasteiger partial charge in [-0.1, -0.05) is 40.7 Å². The average molecular weight is 280 g/mol. The summed E-state index contributed by atoms with van der Waals surface area (Å²) in [5.41, 5.74) is -0.815. The van der Waals surface area contributed by atoms with Gasteiger partial charge in [0.25, 0.3) is 0 Å². The molecular weight excluding hydrogens is 248 g/mol. The van der Waals surface area contributed by atoms with Crippen molar-refractivity contribution in [3.05, 3.63) is 12.7 Å². The van der Waals surface area contributed by atoms with Gasteiger partial charge in [0.1, 0.15) is 5.60 Å². The predicted molar refractivity (Wildman–Crippen MR) is 84.5 cm³/mol. The molecule has 1 atom stereocenters. The second-order valence-corrected chi connectivity index (χ2v) is 7.39. The smallest absolute Gasteiger partial charge is 0.312 e. The number of rotatable bonds is 6. The second kappa shape index (κ2) is 6.78. The minimum Gasteiger partial charge on any atom is -0.454 e. The first kappa shape index (κ1) is 17.3. The van der Waals surface area contributed by atoms with E-state index >= 15 is 0 Å². The van der Waals surface area contributed by atoms with Crippen LogP contribution in [0.4, 0.5) is 0 Å². The molecule has 0 aliphatic heterocycles. The fourth-order valence-corrected chi connectivity index (χ4v) is 3.20. The van der Waals surface area contributed by atoms with Crippen LogP contribution in [0.25, 0.3) is 0 Å². The third-order valence-electron chi connectivity index (χ3n) is 4.94. The van der Waals surface area contributed by atoms with E-state index in [1.807, 2.05) is 6.08 Å². The molecule has 0 N–H and O–H groups in total. The highest BCUT2D eigenvalue weighted by atomic mass is 16.6. The van der Waals surface area contributed by atoms with E-state index < -0.39 is 11.0 Å². The lowest BCUT2D eigenvalue weighted by molar-refractivity contribution is -0.173. The van der Waals surface area contributed by atoms with Crippen LogP contribution in [0.3, 0.4) is 0 Å². The van der Waals surface area contributed by atoms with Gasteiger partial charge < -0.3 is 4.74 Å². The van der Waals surface area contributed by atoms with Gasteiger partial charge in [-0.2, -0.15) is 0 Å².